The fourth-order valence-corrected chi connectivity index (χ4v) is 5.13. The quantitative estimate of drug-likeness (QED) is 0.255. The van der Waals surface area contributed by atoms with Gasteiger partial charge in [-0.15, -0.1) is 0 Å². The molecule has 1 saturated carbocycles. The van der Waals surface area contributed by atoms with Crippen LogP contribution in [0.25, 0.3) is 0 Å². The molecule has 27 heavy (non-hydrogen) atoms. The maximum Gasteiger partial charge on any atom is 0.0753 e. The second kappa shape index (κ2) is 15.7. The number of nitrogens with zero attached hydrogens (tertiary/aromatic N) is 1. The van der Waals surface area contributed by atoms with Gasteiger partial charge in [-0.1, -0.05) is 102 Å². The predicted molar refractivity (Wildman–Crippen MR) is 124 cm³/mol. The first-order valence-electron chi connectivity index (χ1n) is 12.3. The Morgan fingerprint density at radius 1 is 0.741 bits per heavy atom. The minimum Gasteiger partial charge on any atom is -0.378 e. The van der Waals surface area contributed by atoms with Crippen LogP contribution in [0.3, 0.4) is 0 Å². The van der Waals surface area contributed by atoms with Crippen LogP contribution in [0.2, 0.25) is 0 Å². The van der Waals surface area contributed by atoms with Gasteiger partial charge < -0.3 is 10.2 Å². The van der Waals surface area contributed by atoms with Gasteiger partial charge in [0, 0.05) is 13.1 Å². The van der Waals surface area contributed by atoms with E-state index in [2.05, 4.69) is 10.2 Å². The summed E-state index contributed by atoms with van der Waals surface area (Å²) in [4.78, 5) is 3.67. The van der Waals surface area contributed by atoms with Crippen molar-refractivity contribution in [2.45, 2.75) is 116 Å². The monoisotopic (exact) mass is 394 g/mol. The highest BCUT2D eigenvalue weighted by molar-refractivity contribution is 7.80. The molecule has 1 aliphatic carbocycles. The summed E-state index contributed by atoms with van der Waals surface area (Å²) in [6, 6.07) is 0. The highest BCUT2D eigenvalue weighted by Gasteiger charge is 2.12. The lowest BCUT2D eigenvalue weighted by atomic mass is 9.85. The Morgan fingerprint density at radius 2 is 1.33 bits per heavy atom. The number of unbranched alkanes of at least 4 members (excludes halogenated alkanes) is 7. The number of thiocarbonyl (C=S) groups is 1. The Hall–Kier alpha value is -0.150. The van der Waals surface area contributed by atoms with Crippen LogP contribution in [0.15, 0.2) is 0 Å². The molecule has 1 heterocycles. The third kappa shape index (κ3) is 12.1. The van der Waals surface area contributed by atoms with Crippen LogP contribution in [0.5, 0.6) is 0 Å². The van der Waals surface area contributed by atoms with Gasteiger partial charge in [-0.25, -0.2) is 0 Å². The molecule has 0 radical (unpaired) electrons. The molecule has 0 amide bonds. The number of rotatable bonds is 14. The number of hydrogen-bond acceptors (Lipinski definition) is 2. The minimum absolute atomic E-state index is 1.04. The van der Waals surface area contributed by atoms with Crippen molar-refractivity contribution in [3.8, 4) is 0 Å². The summed E-state index contributed by atoms with van der Waals surface area (Å²) < 4.78 is 0. The number of nitrogens with one attached hydrogen (secondary N) is 1. The van der Waals surface area contributed by atoms with Gasteiger partial charge in [0.15, 0.2) is 0 Å². The van der Waals surface area contributed by atoms with Gasteiger partial charge in [-0.05, 0) is 44.7 Å². The van der Waals surface area contributed by atoms with Crippen LogP contribution in [0.4, 0.5) is 0 Å². The topological polar surface area (TPSA) is 15.3 Å². The molecule has 0 bridgehead atoms. The van der Waals surface area contributed by atoms with E-state index in [9.17, 15) is 0 Å². The molecular weight excluding hydrogens is 348 g/mol. The van der Waals surface area contributed by atoms with E-state index in [1.807, 2.05) is 0 Å². The zero-order chi connectivity index (χ0) is 19.0. The number of likely N-dealkylation sites (tertiary alicyclic amines) is 1. The minimum atomic E-state index is 1.04. The van der Waals surface area contributed by atoms with Crippen molar-refractivity contribution < 1.29 is 0 Å². The molecule has 158 valence electrons. The third-order valence-electron chi connectivity index (χ3n) is 6.69. The summed E-state index contributed by atoms with van der Waals surface area (Å²) >= 11 is 5.49. The van der Waals surface area contributed by atoms with Crippen LogP contribution < -0.4 is 5.32 Å². The van der Waals surface area contributed by atoms with Crippen molar-refractivity contribution >= 4 is 17.2 Å². The highest BCUT2D eigenvalue weighted by Crippen LogP contribution is 2.28. The number of piperidine rings is 1. The molecule has 0 atom stereocenters. The Labute approximate surface area is 175 Å². The molecule has 1 N–H and O–H groups in total. The molecule has 0 spiro atoms. The van der Waals surface area contributed by atoms with Crippen LogP contribution in [-0.4, -0.2) is 36.1 Å². The molecule has 3 heteroatoms. The van der Waals surface area contributed by atoms with E-state index >= 15 is 0 Å². The Balaban J connectivity index is 1.28. The Bertz CT molecular complexity index is 359. The molecule has 2 rings (SSSR count). The fraction of sp³-hybridized carbons (Fsp3) is 0.958. The van der Waals surface area contributed by atoms with Crippen molar-refractivity contribution in [1.82, 2.24) is 10.2 Å². The SMILES string of the molecule is S=C(CCCCCCCCCCC1CCCCC1)NCCN1CCCCC1. The standard InChI is InChI=1S/C24H46N2S/c27-24(25-19-22-26-20-13-8-14-21-26)18-12-6-4-2-1-3-5-9-15-23-16-10-7-11-17-23/h23H,1-22H2,(H,25,27). The first-order valence-corrected chi connectivity index (χ1v) is 12.7. The molecule has 2 aliphatic rings. The van der Waals surface area contributed by atoms with E-state index < -0.39 is 0 Å². The fourth-order valence-electron chi connectivity index (χ4n) is 4.88. The lowest BCUT2D eigenvalue weighted by Crippen LogP contribution is -2.37. The van der Waals surface area contributed by atoms with E-state index in [-0.39, 0.29) is 0 Å². The molecule has 0 aromatic carbocycles. The first kappa shape index (κ1) is 23.1. The third-order valence-corrected chi connectivity index (χ3v) is 7.04. The van der Waals surface area contributed by atoms with E-state index in [1.54, 1.807) is 0 Å². The summed E-state index contributed by atoms with van der Waals surface area (Å²) in [5.74, 6) is 1.08. The number of hydrogen-bond donors (Lipinski definition) is 1. The van der Waals surface area contributed by atoms with Crippen LogP contribution in [-0.2, 0) is 0 Å². The highest BCUT2D eigenvalue weighted by atomic mass is 32.1. The maximum atomic E-state index is 5.49. The molecule has 0 aromatic rings. The van der Waals surface area contributed by atoms with Gasteiger partial charge >= 0.3 is 0 Å². The summed E-state index contributed by atoms with van der Waals surface area (Å²) in [6.07, 6.45) is 25.7. The van der Waals surface area contributed by atoms with Gasteiger partial charge in [0.05, 0.1) is 4.99 Å². The lowest BCUT2D eigenvalue weighted by molar-refractivity contribution is 0.232. The predicted octanol–water partition coefficient (Wildman–Crippen LogP) is 6.87. The van der Waals surface area contributed by atoms with Gasteiger partial charge in [0.25, 0.3) is 0 Å². The zero-order valence-electron chi connectivity index (χ0n) is 18.0. The van der Waals surface area contributed by atoms with Crippen molar-refractivity contribution in [3.63, 3.8) is 0 Å². The molecule has 0 unspecified atom stereocenters. The van der Waals surface area contributed by atoms with Crippen LogP contribution in [0, 0.1) is 5.92 Å². The summed E-state index contributed by atoms with van der Waals surface area (Å²) in [5.41, 5.74) is 0. The average Bonchev–Trinajstić information content (AvgIpc) is 2.71. The molecular formula is C24H46N2S. The Morgan fingerprint density at radius 3 is 2.04 bits per heavy atom. The summed E-state index contributed by atoms with van der Waals surface area (Å²) in [5, 5.41) is 3.47. The second-order valence-corrected chi connectivity index (χ2v) is 9.62. The molecule has 1 saturated heterocycles. The summed E-state index contributed by atoms with van der Waals surface area (Å²) in [7, 11) is 0. The van der Waals surface area contributed by atoms with Gasteiger partial charge in [0.2, 0.25) is 0 Å². The molecule has 2 fully saturated rings. The van der Waals surface area contributed by atoms with Gasteiger partial charge in [-0.3, -0.25) is 0 Å². The van der Waals surface area contributed by atoms with Crippen LogP contribution in [0.1, 0.15) is 116 Å². The van der Waals surface area contributed by atoms with Crippen molar-refractivity contribution in [1.29, 1.82) is 0 Å². The normalized spacial score (nSPS) is 19.3. The average molecular weight is 395 g/mol. The largest absolute Gasteiger partial charge is 0.378 e. The Kier molecular flexibility index (Phi) is 13.5. The smallest absolute Gasteiger partial charge is 0.0753 e. The van der Waals surface area contributed by atoms with Gasteiger partial charge in [0.1, 0.15) is 0 Å². The summed E-state index contributed by atoms with van der Waals surface area (Å²) in [6.45, 7) is 4.78. The molecule has 2 nitrogen and oxygen atoms in total. The zero-order valence-corrected chi connectivity index (χ0v) is 18.8. The van der Waals surface area contributed by atoms with Crippen LogP contribution >= 0.6 is 12.2 Å². The van der Waals surface area contributed by atoms with E-state index in [4.69, 9.17) is 12.2 Å². The molecule has 0 aromatic heterocycles. The van der Waals surface area contributed by atoms with E-state index in [1.165, 1.54) is 129 Å². The lowest BCUT2D eigenvalue weighted by Gasteiger charge is -2.26. The second-order valence-electron chi connectivity index (χ2n) is 9.12. The molecule has 1 aliphatic heterocycles. The first-order chi connectivity index (χ1) is 13.3. The van der Waals surface area contributed by atoms with Crippen molar-refractivity contribution in [2.24, 2.45) is 5.92 Å². The van der Waals surface area contributed by atoms with E-state index in [0.29, 0.717) is 0 Å². The van der Waals surface area contributed by atoms with E-state index in [0.717, 1.165) is 23.9 Å². The maximum absolute atomic E-state index is 5.49. The van der Waals surface area contributed by atoms with Crippen molar-refractivity contribution in [3.05, 3.63) is 0 Å². The van der Waals surface area contributed by atoms with Gasteiger partial charge in [-0.2, -0.15) is 0 Å². The van der Waals surface area contributed by atoms with Crippen molar-refractivity contribution in [2.75, 3.05) is 26.2 Å².